The normalized spacial score (nSPS) is 8.71. The van der Waals surface area contributed by atoms with E-state index in [1.807, 2.05) is 0 Å². The van der Waals surface area contributed by atoms with Gasteiger partial charge in [-0.25, -0.2) is 5.84 Å². The minimum absolute atomic E-state index is 0.583. The van der Waals surface area contributed by atoms with Gasteiger partial charge in [0.05, 0.1) is 6.26 Å². The number of hydrogen-bond acceptors (Lipinski definition) is 3. The lowest BCUT2D eigenvalue weighted by atomic mass is 10.6. The Morgan fingerprint density at radius 3 is 2.86 bits per heavy atom. The maximum absolute atomic E-state index is 4.95. The zero-order chi connectivity index (χ0) is 5.11. The summed E-state index contributed by atoms with van der Waals surface area (Å²) in [6.07, 6.45) is 1.55. The molecule has 0 atom stereocenters. The van der Waals surface area contributed by atoms with E-state index in [1.165, 1.54) is 0 Å². The molecule has 1 aromatic rings. The highest BCUT2D eigenvalue weighted by Gasteiger charge is 1.82. The first-order chi connectivity index (χ1) is 3.43. The van der Waals surface area contributed by atoms with Gasteiger partial charge in [0.15, 0.2) is 0 Å². The molecule has 0 saturated carbocycles. The molecule has 3 nitrogen and oxygen atoms in total. The van der Waals surface area contributed by atoms with Crippen LogP contribution in [0.4, 0.5) is 5.88 Å². The van der Waals surface area contributed by atoms with Crippen molar-refractivity contribution in [2.75, 3.05) is 5.43 Å². The number of hydrogen-bond donors (Lipinski definition) is 2. The zero-order valence-corrected chi connectivity index (χ0v) is 3.72. The Morgan fingerprint density at radius 2 is 2.57 bits per heavy atom. The monoisotopic (exact) mass is 98.0 g/mol. The number of anilines is 1. The Kier molecular flexibility index (Phi) is 0.997. The Hall–Kier alpha value is -0.960. The molecule has 0 unspecified atom stereocenters. The molecule has 1 rings (SSSR count). The molecule has 3 N–H and O–H groups in total. The molecule has 0 saturated heterocycles. The van der Waals surface area contributed by atoms with Gasteiger partial charge in [-0.05, 0) is 6.07 Å². The third-order valence-corrected chi connectivity index (χ3v) is 0.663. The van der Waals surface area contributed by atoms with E-state index in [1.54, 1.807) is 18.4 Å². The van der Waals surface area contributed by atoms with Crippen LogP contribution >= 0.6 is 0 Å². The van der Waals surface area contributed by atoms with Gasteiger partial charge in [0.25, 0.3) is 0 Å². The van der Waals surface area contributed by atoms with Gasteiger partial charge in [-0.15, -0.1) is 0 Å². The molecule has 3 heteroatoms. The summed E-state index contributed by atoms with van der Waals surface area (Å²) in [6.45, 7) is 0. The van der Waals surface area contributed by atoms with E-state index in [0.717, 1.165) is 0 Å². The summed E-state index contributed by atoms with van der Waals surface area (Å²) >= 11 is 0. The first-order valence-corrected chi connectivity index (χ1v) is 1.93. The van der Waals surface area contributed by atoms with Gasteiger partial charge in [0.2, 0.25) is 5.88 Å². The number of nitrogens with one attached hydrogen (secondary N) is 1. The second-order valence-electron chi connectivity index (χ2n) is 1.12. The largest absolute Gasteiger partial charge is 0.448 e. The van der Waals surface area contributed by atoms with Crippen molar-refractivity contribution in [1.29, 1.82) is 0 Å². The average molecular weight is 98.1 g/mol. The fourth-order valence-electron chi connectivity index (χ4n) is 0.361. The number of rotatable bonds is 1. The van der Waals surface area contributed by atoms with E-state index < -0.39 is 0 Å². The molecule has 0 aromatic carbocycles. The van der Waals surface area contributed by atoms with E-state index in [2.05, 4.69) is 5.43 Å². The molecule has 7 heavy (non-hydrogen) atoms. The minimum Gasteiger partial charge on any atom is -0.448 e. The molecule has 0 radical (unpaired) electrons. The highest BCUT2D eigenvalue weighted by molar-refractivity contribution is 5.26. The lowest BCUT2D eigenvalue weighted by Crippen LogP contribution is -2.04. The van der Waals surface area contributed by atoms with Crippen LogP contribution in [0.15, 0.2) is 22.8 Å². The van der Waals surface area contributed by atoms with Gasteiger partial charge in [0, 0.05) is 6.07 Å². The summed E-state index contributed by atoms with van der Waals surface area (Å²) in [6, 6.07) is 3.50. The van der Waals surface area contributed by atoms with Gasteiger partial charge in [0.1, 0.15) is 0 Å². The van der Waals surface area contributed by atoms with Crippen LogP contribution in [0, 0.1) is 0 Å². The third-order valence-electron chi connectivity index (χ3n) is 0.663. The van der Waals surface area contributed by atoms with Crippen molar-refractivity contribution >= 4 is 5.88 Å². The highest BCUT2D eigenvalue weighted by Crippen LogP contribution is 2.02. The average Bonchev–Trinajstić information content (AvgIpc) is 2.14. The summed E-state index contributed by atoms with van der Waals surface area (Å²) in [7, 11) is 0. The molecule has 0 aliphatic rings. The summed E-state index contributed by atoms with van der Waals surface area (Å²) in [5.41, 5.74) is 2.34. The first-order valence-electron chi connectivity index (χ1n) is 1.93. The smallest absolute Gasteiger partial charge is 0.206 e. The molecule has 38 valence electrons. The van der Waals surface area contributed by atoms with Crippen LogP contribution in [0.5, 0.6) is 0 Å². The van der Waals surface area contributed by atoms with Crippen LogP contribution in [0.2, 0.25) is 0 Å². The standard InChI is InChI=1S/C4H6N2O/c5-6-4-2-1-3-7-4/h1-3,6H,5H2. The van der Waals surface area contributed by atoms with Crippen LogP contribution < -0.4 is 11.3 Å². The van der Waals surface area contributed by atoms with Gasteiger partial charge in [-0.2, -0.15) is 0 Å². The molecule has 1 aromatic heterocycles. The maximum atomic E-state index is 4.95. The molecule has 0 aliphatic heterocycles. The third kappa shape index (κ3) is 0.721. The van der Waals surface area contributed by atoms with Gasteiger partial charge < -0.3 is 4.42 Å². The molecule has 0 spiro atoms. The Morgan fingerprint density at radius 1 is 1.71 bits per heavy atom. The van der Waals surface area contributed by atoms with Gasteiger partial charge in [-0.3, -0.25) is 5.43 Å². The summed E-state index contributed by atoms with van der Waals surface area (Å²) < 4.78 is 4.75. The lowest BCUT2D eigenvalue weighted by Gasteiger charge is -1.85. The predicted molar refractivity (Wildman–Crippen MR) is 26.5 cm³/mol. The summed E-state index contributed by atoms with van der Waals surface area (Å²) in [5, 5.41) is 0. The van der Waals surface area contributed by atoms with E-state index in [4.69, 9.17) is 10.3 Å². The Labute approximate surface area is 41.1 Å². The number of hydrazine groups is 1. The molecular formula is C4H6N2O. The molecular weight excluding hydrogens is 92.1 g/mol. The molecule has 0 amide bonds. The second-order valence-corrected chi connectivity index (χ2v) is 1.12. The Balaban J connectivity index is 2.76. The second kappa shape index (κ2) is 1.66. The van der Waals surface area contributed by atoms with Crippen LogP contribution in [0.1, 0.15) is 0 Å². The maximum Gasteiger partial charge on any atom is 0.206 e. The summed E-state index contributed by atoms with van der Waals surface area (Å²) in [5.74, 6) is 5.53. The molecule has 1 heterocycles. The Bertz CT molecular complexity index is 124. The van der Waals surface area contributed by atoms with Crippen LogP contribution in [-0.2, 0) is 0 Å². The van der Waals surface area contributed by atoms with Crippen molar-refractivity contribution in [2.45, 2.75) is 0 Å². The van der Waals surface area contributed by atoms with E-state index in [9.17, 15) is 0 Å². The van der Waals surface area contributed by atoms with Crippen molar-refractivity contribution in [1.82, 2.24) is 0 Å². The van der Waals surface area contributed by atoms with Gasteiger partial charge >= 0.3 is 0 Å². The molecule has 0 aliphatic carbocycles. The molecule has 0 bridgehead atoms. The number of nitrogens with two attached hydrogens (primary N) is 1. The van der Waals surface area contributed by atoms with Gasteiger partial charge in [-0.1, -0.05) is 0 Å². The highest BCUT2D eigenvalue weighted by atomic mass is 16.3. The van der Waals surface area contributed by atoms with Crippen molar-refractivity contribution in [3.8, 4) is 0 Å². The number of nitrogen functional groups attached to an aromatic ring is 1. The quantitative estimate of drug-likeness (QED) is 0.398. The van der Waals surface area contributed by atoms with Crippen molar-refractivity contribution in [3.63, 3.8) is 0 Å². The van der Waals surface area contributed by atoms with Crippen LogP contribution in [-0.4, -0.2) is 0 Å². The topological polar surface area (TPSA) is 51.2 Å². The van der Waals surface area contributed by atoms with Crippen molar-refractivity contribution < 1.29 is 4.42 Å². The number of furan rings is 1. The fraction of sp³-hybridized carbons (Fsp3) is 0. The van der Waals surface area contributed by atoms with Crippen LogP contribution in [0.25, 0.3) is 0 Å². The fourth-order valence-corrected chi connectivity index (χ4v) is 0.361. The van der Waals surface area contributed by atoms with Crippen LogP contribution in [0.3, 0.4) is 0 Å². The van der Waals surface area contributed by atoms with E-state index in [0.29, 0.717) is 5.88 Å². The first kappa shape index (κ1) is 4.21. The SMILES string of the molecule is NNc1ccco1. The van der Waals surface area contributed by atoms with E-state index in [-0.39, 0.29) is 0 Å². The van der Waals surface area contributed by atoms with Crippen molar-refractivity contribution in [2.24, 2.45) is 5.84 Å². The predicted octanol–water partition coefficient (Wildman–Crippen LogP) is 0.565. The minimum atomic E-state index is 0.583. The van der Waals surface area contributed by atoms with Crippen molar-refractivity contribution in [3.05, 3.63) is 18.4 Å². The zero-order valence-electron chi connectivity index (χ0n) is 3.72. The summed E-state index contributed by atoms with van der Waals surface area (Å²) in [4.78, 5) is 0. The van der Waals surface area contributed by atoms with E-state index >= 15 is 0 Å². The lowest BCUT2D eigenvalue weighted by molar-refractivity contribution is 0.580. The molecule has 0 fully saturated rings.